The summed E-state index contributed by atoms with van der Waals surface area (Å²) < 4.78 is 14.5. The SMILES string of the molecule is CC(=O)N1CCc2c([nH]c3ccc(Cl)cc23)C1c1cc(O)ccc1F. The Kier molecular flexibility index (Phi) is 3.69. The molecule has 4 nitrogen and oxygen atoms in total. The summed E-state index contributed by atoms with van der Waals surface area (Å²) in [4.78, 5) is 17.1. The lowest BCUT2D eigenvalue weighted by Crippen LogP contribution is -2.39. The van der Waals surface area contributed by atoms with Gasteiger partial charge in [-0.3, -0.25) is 4.79 Å². The number of halogens is 2. The van der Waals surface area contributed by atoms with Gasteiger partial charge in [-0.1, -0.05) is 11.6 Å². The largest absolute Gasteiger partial charge is 0.508 e. The number of phenols is 1. The van der Waals surface area contributed by atoms with E-state index in [1.165, 1.54) is 25.1 Å². The van der Waals surface area contributed by atoms with E-state index >= 15 is 0 Å². The second-order valence-electron chi connectivity index (χ2n) is 6.28. The number of benzene rings is 2. The van der Waals surface area contributed by atoms with Crippen LogP contribution in [0.5, 0.6) is 5.75 Å². The minimum absolute atomic E-state index is 0.0359. The highest BCUT2D eigenvalue weighted by Crippen LogP contribution is 2.40. The van der Waals surface area contributed by atoms with E-state index < -0.39 is 11.9 Å². The Morgan fingerprint density at radius 3 is 2.88 bits per heavy atom. The quantitative estimate of drug-likeness (QED) is 0.686. The number of fused-ring (bicyclic) bond motifs is 3. The lowest BCUT2D eigenvalue weighted by Gasteiger charge is -2.35. The molecule has 0 saturated heterocycles. The maximum Gasteiger partial charge on any atom is 0.220 e. The van der Waals surface area contributed by atoms with Crippen molar-refractivity contribution in [3.8, 4) is 5.75 Å². The van der Waals surface area contributed by atoms with Crippen LogP contribution in [-0.4, -0.2) is 27.4 Å². The van der Waals surface area contributed by atoms with Crippen LogP contribution in [0.3, 0.4) is 0 Å². The van der Waals surface area contributed by atoms with Crippen LogP contribution in [0.25, 0.3) is 10.9 Å². The Labute approximate surface area is 148 Å². The van der Waals surface area contributed by atoms with Crippen LogP contribution in [0.4, 0.5) is 4.39 Å². The van der Waals surface area contributed by atoms with Crippen molar-refractivity contribution in [1.29, 1.82) is 0 Å². The van der Waals surface area contributed by atoms with E-state index in [1.54, 1.807) is 11.0 Å². The summed E-state index contributed by atoms with van der Waals surface area (Å²) in [7, 11) is 0. The number of hydrogen-bond acceptors (Lipinski definition) is 2. The number of H-pyrrole nitrogens is 1. The molecular weight excluding hydrogens is 343 g/mol. The van der Waals surface area contributed by atoms with E-state index in [4.69, 9.17) is 11.6 Å². The van der Waals surface area contributed by atoms with E-state index in [0.29, 0.717) is 18.0 Å². The zero-order valence-electron chi connectivity index (χ0n) is 13.5. The van der Waals surface area contributed by atoms with E-state index in [-0.39, 0.29) is 17.2 Å². The minimum Gasteiger partial charge on any atom is -0.508 e. The molecule has 1 unspecified atom stereocenters. The zero-order valence-corrected chi connectivity index (χ0v) is 14.3. The van der Waals surface area contributed by atoms with Gasteiger partial charge < -0.3 is 15.0 Å². The zero-order chi connectivity index (χ0) is 17.7. The van der Waals surface area contributed by atoms with Gasteiger partial charge in [-0.25, -0.2) is 4.39 Å². The fourth-order valence-corrected chi connectivity index (χ4v) is 3.84. The summed E-state index contributed by atoms with van der Waals surface area (Å²) >= 11 is 6.13. The molecule has 3 aromatic rings. The van der Waals surface area contributed by atoms with Gasteiger partial charge in [-0.2, -0.15) is 0 Å². The molecule has 1 aromatic heterocycles. The van der Waals surface area contributed by atoms with Crippen molar-refractivity contribution in [3.63, 3.8) is 0 Å². The van der Waals surface area contributed by atoms with Crippen molar-refractivity contribution in [2.75, 3.05) is 6.54 Å². The molecule has 128 valence electrons. The number of carbonyl (C=O) groups excluding carboxylic acids is 1. The van der Waals surface area contributed by atoms with Gasteiger partial charge in [0.05, 0.1) is 0 Å². The van der Waals surface area contributed by atoms with E-state index in [9.17, 15) is 14.3 Å². The Bertz CT molecular complexity index is 998. The molecule has 2 N–H and O–H groups in total. The summed E-state index contributed by atoms with van der Waals surface area (Å²) in [5.74, 6) is -0.639. The number of nitrogens with zero attached hydrogens (tertiary/aromatic N) is 1. The van der Waals surface area contributed by atoms with Gasteiger partial charge in [0, 0.05) is 40.7 Å². The third-order valence-corrected chi connectivity index (χ3v) is 5.00. The highest BCUT2D eigenvalue weighted by molar-refractivity contribution is 6.31. The highest BCUT2D eigenvalue weighted by atomic mass is 35.5. The maximum atomic E-state index is 14.5. The molecule has 0 fully saturated rings. The summed E-state index contributed by atoms with van der Waals surface area (Å²) in [5, 5.41) is 11.4. The van der Waals surface area contributed by atoms with Crippen molar-refractivity contribution in [1.82, 2.24) is 9.88 Å². The van der Waals surface area contributed by atoms with Crippen LogP contribution < -0.4 is 0 Å². The van der Waals surface area contributed by atoms with Crippen molar-refractivity contribution < 1.29 is 14.3 Å². The average molecular weight is 359 g/mol. The molecule has 2 heterocycles. The predicted molar refractivity (Wildman–Crippen MR) is 94.3 cm³/mol. The Balaban J connectivity index is 1.98. The molecule has 0 saturated carbocycles. The molecule has 0 aliphatic carbocycles. The average Bonchev–Trinajstić information content (AvgIpc) is 2.94. The molecule has 1 atom stereocenters. The van der Waals surface area contributed by atoms with Crippen molar-refractivity contribution >= 4 is 28.4 Å². The number of nitrogens with one attached hydrogen (secondary N) is 1. The summed E-state index contributed by atoms with van der Waals surface area (Å²) in [6.07, 6.45) is 0.659. The fourth-order valence-electron chi connectivity index (χ4n) is 3.66. The van der Waals surface area contributed by atoms with Crippen LogP contribution >= 0.6 is 11.6 Å². The molecular formula is C19H16ClFN2O2. The first-order chi connectivity index (χ1) is 12.0. The summed E-state index contributed by atoms with van der Waals surface area (Å²) in [6.45, 7) is 1.94. The minimum atomic E-state index is -0.612. The van der Waals surface area contributed by atoms with E-state index in [2.05, 4.69) is 4.98 Å². The number of amides is 1. The van der Waals surface area contributed by atoms with Gasteiger partial charge in [0.2, 0.25) is 5.91 Å². The van der Waals surface area contributed by atoms with Gasteiger partial charge >= 0.3 is 0 Å². The topological polar surface area (TPSA) is 56.3 Å². The smallest absolute Gasteiger partial charge is 0.220 e. The maximum absolute atomic E-state index is 14.5. The van der Waals surface area contributed by atoms with Gasteiger partial charge in [0.1, 0.15) is 17.6 Å². The van der Waals surface area contributed by atoms with Crippen molar-refractivity contribution in [2.45, 2.75) is 19.4 Å². The number of rotatable bonds is 1. The molecule has 1 aliphatic rings. The second kappa shape index (κ2) is 5.77. The number of aromatic hydroxyl groups is 1. The number of hydrogen-bond donors (Lipinski definition) is 2. The Hall–Kier alpha value is -2.53. The predicted octanol–water partition coefficient (Wildman–Crippen LogP) is 4.16. The fraction of sp³-hybridized carbons (Fsp3) is 0.211. The van der Waals surface area contributed by atoms with Crippen LogP contribution in [0, 0.1) is 5.82 Å². The molecule has 0 spiro atoms. The molecule has 1 aliphatic heterocycles. The van der Waals surface area contributed by atoms with Gasteiger partial charge in [0.15, 0.2) is 0 Å². The molecule has 1 amide bonds. The first-order valence-corrected chi connectivity index (χ1v) is 8.39. The number of aromatic amines is 1. The summed E-state index contributed by atoms with van der Waals surface area (Å²) in [6, 6.07) is 8.83. The standard InChI is InChI=1S/C19H16ClFN2O2/c1-10(24)23-7-6-13-14-8-11(20)2-5-17(14)22-18(13)19(23)15-9-12(25)3-4-16(15)21/h2-5,8-9,19,22,25H,6-7H2,1H3. The normalized spacial score (nSPS) is 16.9. The lowest BCUT2D eigenvalue weighted by molar-refractivity contribution is -0.131. The second-order valence-corrected chi connectivity index (χ2v) is 6.71. The van der Waals surface area contributed by atoms with Gasteiger partial charge in [-0.05, 0) is 48.4 Å². The number of carbonyl (C=O) groups is 1. The molecule has 0 bridgehead atoms. The molecule has 0 radical (unpaired) electrons. The number of phenolic OH excluding ortho intramolecular Hbond substituents is 1. The summed E-state index contributed by atoms with van der Waals surface area (Å²) in [5.41, 5.74) is 2.96. The van der Waals surface area contributed by atoms with Crippen molar-refractivity contribution in [2.24, 2.45) is 0 Å². The molecule has 2 aromatic carbocycles. The van der Waals surface area contributed by atoms with Gasteiger partial charge in [0.25, 0.3) is 0 Å². The van der Waals surface area contributed by atoms with Gasteiger partial charge in [-0.15, -0.1) is 0 Å². The molecule has 6 heteroatoms. The molecule has 25 heavy (non-hydrogen) atoms. The Morgan fingerprint density at radius 2 is 2.12 bits per heavy atom. The van der Waals surface area contributed by atoms with Crippen LogP contribution in [0.1, 0.15) is 29.8 Å². The highest BCUT2D eigenvalue weighted by Gasteiger charge is 2.34. The van der Waals surface area contributed by atoms with Crippen LogP contribution in [0.15, 0.2) is 36.4 Å². The first kappa shape index (κ1) is 16.0. The van der Waals surface area contributed by atoms with E-state index in [0.717, 1.165) is 22.2 Å². The van der Waals surface area contributed by atoms with Crippen LogP contribution in [-0.2, 0) is 11.2 Å². The lowest BCUT2D eigenvalue weighted by atomic mass is 9.92. The third kappa shape index (κ3) is 2.55. The van der Waals surface area contributed by atoms with E-state index in [1.807, 2.05) is 12.1 Å². The van der Waals surface area contributed by atoms with Crippen molar-refractivity contribution in [3.05, 3.63) is 64.1 Å². The number of aromatic nitrogens is 1. The monoisotopic (exact) mass is 358 g/mol. The van der Waals surface area contributed by atoms with Crippen LogP contribution in [0.2, 0.25) is 5.02 Å². The first-order valence-electron chi connectivity index (χ1n) is 8.01. The third-order valence-electron chi connectivity index (χ3n) is 4.77. The Morgan fingerprint density at radius 1 is 1.32 bits per heavy atom. The molecule has 4 rings (SSSR count).